The van der Waals surface area contributed by atoms with Crippen LogP contribution in [0.3, 0.4) is 0 Å². The summed E-state index contributed by atoms with van der Waals surface area (Å²) in [5.41, 5.74) is -0.560. The van der Waals surface area contributed by atoms with E-state index in [-0.39, 0.29) is 17.2 Å². The van der Waals surface area contributed by atoms with Gasteiger partial charge in [0.2, 0.25) is 0 Å². The minimum Gasteiger partial charge on any atom is -0.443 e. The normalized spacial score (nSPS) is 12.3. The van der Waals surface area contributed by atoms with Crippen LogP contribution in [0.25, 0.3) is 0 Å². The summed E-state index contributed by atoms with van der Waals surface area (Å²) >= 11 is 5.85. The van der Waals surface area contributed by atoms with Gasteiger partial charge in [-0.1, -0.05) is 6.58 Å². The summed E-state index contributed by atoms with van der Waals surface area (Å²) in [5, 5.41) is 3.08. The zero-order valence-electron chi connectivity index (χ0n) is 11.9. The molecule has 0 aliphatic carbocycles. The summed E-state index contributed by atoms with van der Waals surface area (Å²) in [4.78, 5) is 16.9. The van der Waals surface area contributed by atoms with Crippen LogP contribution in [0, 0.1) is 0 Å². The van der Waals surface area contributed by atoms with Crippen molar-refractivity contribution in [1.29, 1.82) is 0 Å². The molecule has 0 fully saturated rings. The number of rotatable bonds is 3. The van der Waals surface area contributed by atoms with Crippen molar-refractivity contribution in [3.8, 4) is 0 Å². The smallest absolute Gasteiger partial charge is 0.415 e. The van der Waals surface area contributed by atoms with Crippen molar-refractivity contribution in [3.05, 3.63) is 12.4 Å². The number of nitrogens with one attached hydrogen (secondary N) is 1. The standard InChI is InChI=1S/C12H22ClN3O2/c1-8(2)14-10(13)15-9(3)16(7)11(17)18-12(4,5)6/h8H,3H2,1-2,4-7H3,(H,14,15). The number of hydrogen-bond donors (Lipinski definition) is 1. The molecule has 0 rings (SSSR count). The number of amidine groups is 1. The summed E-state index contributed by atoms with van der Waals surface area (Å²) in [5.74, 6) is 0.211. The molecule has 0 aliphatic heterocycles. The lowest BCUT2D eigenvalue weighted by Gasteiger charge is -2.24. The van der Waals surface area contributed by atoms with Gasteiger partial charge in [0, 0.05) is 13.1 Å². The third kappa shape index (κ3) is 7.17. The predicted octanol–water partition coefficient (Wildman–Crippen LogP) is 2.92. The molecule has 0 saturated heterocycles. The molecule has 1 amide bonds. The molecule has 0 aromatic rings. The molecule has 18 heavy (non-hydrogen) atoms. The molecule has 0 aromatic carbocycles. The summed E-state index contributed by atoms with van der Waals surface area (Å²) in [7, 11) is 1.53. The van der Waals surface area contributed by atoms with Gasteiger partial charge >= 0.3 is 6.09 Å². The highest BCUT2D eigenvalue weighted by Crippen LogP contribution is 2.12. The Bertz CT molecular complexity index is 346. The maximum atomic E-state index is 11.7. The number of halogens is 1. The number of amides is 1. The third-order valence-electron chi connectivity index (χ3n) is 1.69. The SMILES string of the molecule is C=C(/N=C(/Cl)NC(C)C)N(C)C(=O)OC(C)(C)C. The van der Waals surface area contributed by atoms with Gasteiger partial charge in [-0.3, -0.25) is 4.90 Å². The number of aliphatic imine (C=N–C) groups is 1. The molecule has 0 unspecified atom stereocenters. The van der Waals surface area contributed by atoms with E-state index in [4.69, 9.17) is 16.3 Å². The van der Waals surface area contributed by atoms with Crippen molar-refractivity contribution < 1.29 is 9.53 Å². The minimum absolute atomic E-state index is 0.154. The Morgan fingerprint density at radius 3 is 2.33 bits per heavy atom. The van der Waals surface area contributed by atoms with Crippen LogP contribution in [0.15, 0.2) is 17.4 Å². The molecular formula is C12H22ClN3O2. The van der Waals surface area contributed by atoms with E-state index in [9.17, 15) is 4.79 Å². The molecule has 0 bridgehead atoms. The van der Waals surface area contributed by atoms with Gasteiger partial charge in [-0.15, -0.1) is 0 Å². The summed E-state index contributed by atoms with van der Waals surface area (Å²) in [6, 6.07) is 0.154. The van der Waals surface area contributed by atoms with Crippen molar-refractivity contribution in [3.63, 3.8) is 0 Å². The maximum absolute atomic E-state index is 11.7. The minimum atomic E-state index is -0.560. The lowest BCUT2D eigenvalue weighted by molar-refractivity contribution is 0.0353. The van der Waals surface area contributed by atoms with Crippen LogP contribution in [0.1, 0.15) is 34.6 Å². The second-order valence-corrected chi connectivity index (χ2v) is 5.52. The quantitative estimate of drug-likeness (QED) is 0.489. The number of hydrogen-bond acceptors (Lipinski definition) is 3. The fourth-order valence-electron chi connectivity index (χ4n) is 0.895. The Morgan fingerprint density at radius 2 is 1.94 bits per heavy atom. The molecule has 104 valence electrons. The number of nitrogens with zero attached hydrogens (tertiary/aromatic N) is 2. The first kappa shape index (κ1) is 16.8. The van der Waals surface area contributed by atoms with Gasteiger partial charge in [-0.25, -0.2) is 9.79 Å². The second kappa shape index (κ2) is 6.64. The van der Waals surface area contributed by atoms with Gasteiger partial charge in [0.1, 0.15) is 11.4 Å². The van der Waals surface area contributed by atoms with Crippen LogP contribution in [0.2, 0.25) is 0 Å². The zero-order valence-corrected chi connectivity index (χ0v) is 12.6. The lowest BCUT2D eigenvalue weighted by atomic mass is 10.2. The van der Waals surface area contributed by atoms with E-state index in [0.717, 1.165) is 0 Å². The molecule has 1 N–H and O–H groups in total. The highest BCUT2D eigenvalue weighted by molar-refractivity contribution is 6.64. The Balaban J connectivity index is 4.56. The molecule has 0 aromatic heterocycles. The Hall–Kier alpha value is -1.23. The van der Waals surface area contributed by atoms with E-state index in [1.165, 1.54) is 11.9 Å². The second-order valence-electron chi connectivity index (χ2n) is 5.16. The van der Waals surface area contributed by atoms with Crippen molar-refractivity contribution in [2.24, 2.45) is 4.99 Å². The highest BCUT2D eigenvalue weighted by Gasteiger charge is 2.21. The first-order valence-electron chi connectivity index (χ1n) is 5.69. The summed E-state index contributed by atoms with van der Waals surface area (Å²) in [6.07, 6.45) is -0.523. The van der Waals surface area contributed by atoms with E-state index in [1.54, 1.807) is 20.8 Å². The zero-order chi connectivity index (χ0) is 14.5. The van der Waals surface area contributed by atoms with E-state index < -0.39 is 11.7 Å². The van der Waals surface area contributed by atoms with E-state index >= 15 is 0 Å². The van der Waals surface area contributed by atoms with Gasteiger partial charge in [0.25, 0.3) is 0 Å². The predicted molar refractivity (Wildman–Crippen MR) is 74.7 cm³/mol. The molecule has 0 atom stereocenters. The van der Waals surface area contributed by atoms with Crippen molar-refractivity contribution in [2.75, 3.05) is 7.05 Å². The van der Waals surface area contributed by atoms with Crippen molar-refractivity contribution >= 4 is 23.0 Å². The Kier molecular flexibility index (Phi) is 6.18. The third-order valence-corrected chi connectivity index (χ3v) is 1.88. The van der Waals surface area contributed by atoms with Crippen LogP contribution in [0.4, 0.5) is 4.79 Å². The topological polar surface area (TPSA) is 53.9 Å². The maximum Gasteiger partial charge on any atom is 0.415 e. The highest BCUT2D eigenvalue weighted by atomic mass is 35.5. The number of ether oxygens (including phenoxy) is 1. The largest absolute Gasteiger partial charge is 0.443 e. The molecule has 0 aliphatic rings. The fraction of sp³-hybridized carbons (Fsp3) is 0.667. The molecule has 0 heterocycles. The van der Waals surface area contributed by atoms with Crippen LogP contribution >= 0.6 is 11.6 Å². The van der Waals surface area contributed by atoms with Crippen molar-refractivity contribution in [2.45, 2.75) is 46.3 Å². The van der Waals surface area contributed by atoms with E-state index in [1.807, 2.05) is 13.8 Å². The van der Waals surface area contributed by atoms with E-state index in [0.29, 0.717) is 0 Å². The lowest BCUT2D eigenvalue weighted by Crippen LogP contribution is -2.34. The molecule has 0 radical (unpaired) electrons. The van der Waals surface area contributed by atoms with Gasteiger partial charge in [-0.05, 0) is 46.2 Å². The molecule has 0 spiro atoms. The fourth-order valence-corrected chi connectivity index (χ4v) is 1.21. The average molecular weight is 276 g/mol. The Labute approximate surface area is 114 Å². The van der Waals surface area contributed by atoms with Gasteiger partial charge in [-0.2, -0.15) is 0 Å². The first-order valence-corrected chi connectivity index (χ1v) is 6.07. The van der Waals surface area contributed by atoms with Crippen LogP contribution < -0.4 is 5.32 Å². The Morgan fingerprint density at radius 1 is 1.44 bits per heavy atom. The number of carbonyl (C=O) groups excluding carboxylic acids is 1. The molecule has 6 heteroatoms. The van der Waals surface area contributed by atoms with Crippen LogP contribution in [-0.2, 0) is 4.74 Å². The van der Waals surface area contributed by atoms with Crippen molar-refractivity contribution in [1.82, 2.24) is 10.2 Å². The van der Waals surface area contributed by atoms with Gasteiger partial charge in [0.15, 0.2) is 5.29 Å². The summed E-state index contributed by atoms with van der Waals surface area (Å²) in [6.45, 7) is 12.9. The van der Waals surface area contributed by atoms with Crippen LogP contribution in [0.5, 0.6) is 0 Å². The van der Waals surface area contributed by atoms with Gasteiger partial charge in [0.05, 0.1) is 0 Å². The summed E-state index contributed by atoms with van der Waals surface area (Å²) < 4.78 is 5.18. The van der Waals surface area contributed by atoms with Gasteiger partial charge < -0.3 is 10.1 Å². The average Bonchev–Trinajstić information content (AvgIpc) is 2.11. The molecular weight excluding hydrogens is 254 g/mol. The monoisotopic (exact) mass is 275 g/mol. The van der Waals surface area contributed by atoms with E-state index in [2.05, 4.69) is 16.9 Å². The first-order chi connectivity index (χ1) is 8.03. The molecule has 5 nitrogen and oxygen atoms in total. The number of carbonyl (C=O) groups is 1. The molecule has 0 saturated carbocycles. The van der Waals surface area contributed by atoms with Crippen LogP contribution in [-0.4, -0.2) is 35.0 Å².